The Morgan fingerprint density at radius 3 is 1.41 bits per heavy atom. The normalized spacial score (nSPS) is 11.0. The molecular weight excluding hydrogens is 659 g/mol. The summed E-state index contributed by atoms with van der Waals surface area (Å²) in [6.07, 6.45) is 10.0. The minimum atomic E-state index is 0. The Morgan fingerprint density at radius 2 is 1.09 bits per heavy atom. The van der Waals surface area contributed by atoms with Crippen molar-refractivity contribution in [3.8, 4) is 0 Å². The van der Waals surface area contributed by atoms with E-state index < -0.39 is 0 Å². The van der Waals surface area contributed by atoms with Gasteiger partial charge in [0, 0.05) is 37.6 Å². The molecule has 228 valence electrons. The fraction of sp³-hybridized carbons (Fsp3) is 0.231. The van der Waals surface area contributed by atoms with E-state index >= 15 is 0 Å². The Balaban J connectivity index is 0.000000273. The van der Waals surface area contributed by atoms with E-state index in [1.165, 1.54) is 71.5 Å². The number of benzene rings is 4. The molecule has 1 aliphatic rings. The van der Waals surface area contributed by atoms with E-state index in [2.05, 4.69) is 153 Å². The van der Waals surface area contributed by atoms with Crippen LogP contribution in [-0.2, 0) is 24.2 Å². The van der Waals surface area contributed by atoms with Crippen molar-refractivity contribution in [3.05, 3.63) is 139 Å². The number of allylic oxidation sites excluding steroid dienone is 4. The number of hydrogen-bond donors (Lipinski definition) is 0. The number of nitrogens with zero attached hydrogens (tertiary/aromatic N) is 2. The third kappa shape index (κ3) is 9.83. The molecule has 44 heavy (non-hydrogen) atoms. The third-order valence-electron chi connectivity index (χ3n) is 7.64. The van der Waals surface area contributed by atoms with Gasteiger partial charge in [0.05, 0.1) is 0 Å². The van der Waals surface area contributed by atoms with Crippen molar-refractivity contribution in [2.75, 3.05) is 36.0 Å². The number of hydrogen-bond acceptors (Lipinski definition) is 2. The molecule has 2 nitrogen and oxygen atoms in total. The van der Waals surface area contributed by atoms with E-state index in [0.717, 1.165) is 32.6 Å². The van der Waals surface area contributed by atoms with Crippen LogP contribution in [0.5, 0.6) is 0 Å². The summed E-state index contributed by atoms with van der Waals surface area (Å²) in [5, 5.41) is 5.42. The summed E-state index contributed by atoms with van der Waals surface area (Å²) in [6, 6.07) is 37.2. The average molecular weight is 701 g/mol. The molecule has 0 atom stereocenters. The predicted molar refractivity (Wildman–Crippen MR) is 182 cm³/mol. The van der Waals surface area contributed by atoms with Crippen molar-refractivity contribution in [3.63, 3.8) is 0 Å². The van der Waals surface area contributed by atoms with Gasteiger partial charge in [0.15, 0.2) is 0 Å². The molecule has 5 aromatic carbocycles. The summed E-state index contributed by atoms with van der Waals surface area (Å²) in [7, 11) is 0. The van der Waals surface area contributed by atoms with Gasteiger partial charge in [-0.2, -0.15) is 6.08 Å². The molecule has 0 amide bonds. The zero-order valence-electron chi connectivity index (χ0n) is 26.2. The van der Waals surface area contributed by atoms with Crippen LogP contribution in [0.1, 0.15) is 45.2 Å². The van der Waals surface area contributed by atoms with Crippen molar-refractivity contribution in [1.82, 2.24) is 0 Å². The molecular formula is C39H42Cl2N2Zr-2. The van der Waals surface area contributed by atoms with Gasteiger partial charge < -0.3 is 34.6 Å². The SMILES string of the molecule is CCN(CC)c1ccc2c(c1)[cH-]c1cc(N(CC)CC)ccc12.[C-]1=CC=CC1.[Cl-].[Cl-].[Zr+2]=[C](c1ccccc1)c1ccccc1. The van der Waals surface area contributed by atoms with Crippen molar-refractivity contribution >= 4 is 36.1 Å². The first-order valence-electron chi connectivity index (χ1n) is 15.1. The predicted octanol–water partition coefficient (Wildman–Crippen LogP) is 3.52. The molecule has 0 saturated carbocycles. The summed E-state index contributed by atoms with van der Waals surface area (Å²) in [5.74, 6) is 0. The van der Waals surface area contributed by atoms with E-state index in [9.17, 15) is 0 Å². The molecule has 5 aromatic rings. The van der Waals surface area contributed by atoms with Gasteiger partial charge in [-0.1, -0.05) is 36.4 Å². The van der Waals surface area contributed by atoms with Gasteiger partial charge in [0.2, 0.25) is 0 Å². The Morgan fingerprint density at radius 1 is 0.659 bits per heavy atom. The van der Waals surface area contributed by atoms with E-state index in [0.29, 0.717) is 0 Å². The summed E-state index contributed by atoms with van der Waals surface area (Å²) < 4.78 is 1.42. The molecule has 0 heterocycles. The van der Waals surface area contributed by atoms with Gasteiger partial charge in [0.1, 0.15) is 0 Å². The second-order valence-electron chi connectivity index (χ2n) is 10.1. The van der Waals surface area contributed by atoms with Crippen molar-refractivity contribution in [2.24, 2.45) is 0 Å². The monoisotopic (exact) mass is 698 g/mol. The molecule has 0 radical (unpaired) electrons. The summed E-state index contributed by atoms with van der Waals surface area (Å²) >= 11 is 1.46. The van der Waals surface area contributed by atoms with E-state index in [1.807, 2.05) is 12.2 Å². The standard InChI is InChI=1S/C21H27N2.C13H10.C5H5.2ClH.Zr/c1-5-22(6-2)18-9-11-20-16(14-18)13-17-15-19(10-12-21(17)20)23(7-3)8-4;1-3-7-12(8-4-1)11-13-9-5-2-6-10-13;1-2-4-5-3-1;;;/h9-15H,5-8H2,1-4H3;1-10H;1-3H,4H2;2*1H;/q-1;;-1;;;+2/p-2. The van der Waals surface area contributed by atoms with Crippen LogP contribution in [0, 0.1) is 6.08 Å². The van der Waals surface area contributed by atoms with Crippen LogP contribution in [0.4, 0.5) is 11.4 Å². The average Bonchev–Trinajstić information content (AvgIpc) is 3.75. The van der Waals surface area contributed by atoms with Crippen LogP contribution in [0.2, 0.25) is 0 Å². The summed E-state index contributed by atoms with van der Waals surface area (Å²) in [6.45, 7) is 13.1. The van der Waals surface area contributed by atoms with Crippen LogP contribution in [0.15, 0.2) is 121 Å². The zero-order valence-corrected chi connectivity index (χ0v) is 30.2. The Bertz CT molecular complexity index is 1500. The Hall–Kier alpha value is -2.84. The van der Waals surface area contributed by atoms with Gasteiger partial charge in [0.25, 0.3) is 0 Å². The first-order chi connectivity index (χ1) is 20.6. The van der Waals surface area contributed by atoms with Gasteiger partial charge in [-0.15, -0.1) is 34.0 Å². The number of rotatable bonds is 8. The first-order valence-corrected chi connectivity index (χ1v) is 16.4. The second kappa shape index (κ2) is 19.5. The summed E-state index contributed by atoms with van der Waals surface area (Å²) in [5.41, 5.74) is 5.30. The second-order valence-corrected chi connectivity index (χ2v) is 11.4. The molecule has 1 aliphatic carbocycles. The van der Waals surface area contributed by atoms with Crippen molar-refractivity contribution < 1.29 is 49.0 Å². The van der Waals surface area contributed by atoms with E-state index in [4.69, 9.17) is 0 Å². The van der Waals surface area contributed by atoms with Gasteiger partial charge in [-0.05, 0) is 27.7 Å². The van der Waals surface area contributed by atoms with Crippen LogP contribution in [0.3, 0.4) is 0 Å². The van der Waals surface area contributed by atoms with E-state index in [-0.39, 0.29) is 24.8 Å². The molecule has 5 heteroatoms. The molecule has 0 aliphatic heterocycles. The van der Waals surface area contributed by atoms with Crippen molar-refractivity contribution in [1.29, 1.82) is 0 Å². The number of halogens is 2. The van der Waals surface area contributed by atoms with Gasteiger partial charge >= 0.3 is 99.2 Å². The molecule has 0 spiro atoms. The third-order valence-corrected chi connectivity index (χ3v) is 9.06. The maximum absolute atomic E-state index is 2.99. The zero-order chi connectivity index (χ0) is 29.7. The van der Waals surface area contributed by atoms with Gasteiger partial charge in [-0.25, -0.2) is 12.2 Å². The molecule has 0 saturated heterocycles. The molecule has 0 N–H and O–H groups in total. The molecule has 0 bridgehead atoms. The number of fused-ring (bicyclic) bond motifs is 3. The van der Waals surface area contributed by atoms with E-state index in [1.54, 1.807) is 0 Å². The molecule has 0 aromatic heterocycles. The topological polar surface area (TPSA) is 6.48 Å². The number of anilines is 2. The minimum absolute atomic E-state index is 0. The van der Waals surface area contributed by atoms with Crippen LogP contribution in [0.25, 0.3) is 21.5 Å². The van der Waals surface area contributed by atoms with Crippen LogP contribution in [-0.4, -0.2) is 29.4 Å². The van der Waals surface area contributed by atoms with Crippen LogP contribution < -0.4 is 34.6 Å². The maximum atomic E-state index is 2.99. The Kier molecular flexibility index (Phi) is 16.6. The molecule has 0 fully saturated rings. The fourth-order valence-corrected chi connectivity index (χ4v) is 6.10. The Labute approximate surface area is 292 Å². The van der Waals surface area contributed by atoms with Crippen molar-refractivity contribution in [2.45, 2.75) is 34.1 Å². The quantitative estimate of drug-likeness (QED) is 0.229. The fourth-order valence-electron chi connectivity index (χ4n) is 5.28. The molecule has 6 rings (SSSR count). The summed E-state index contributed by atoms with van der Waals surface area (Å²) in [4.78, 5) is 4.80. The van der Waals surface area contributed by atoms with Gasteiger partial charge in [-0.3, -0.25) is 6.08 Å². The molecule has 0 unspecified atom stereocenters. The first kappa shape index (κ1) is 37.4. The van der Waals surface area contributed by atoms with Crippen LogP contribution >= 0.6 is 0 Å².